The molecule has 3 nitrogen and oxygen atoms in total. The Kier molecular flexibility index (Phi) is 7.49. The predicted molar refractivity (Wildman–Crippen MR) is 207 cm³/mol. The van der Waals surface area contributed by atoms with Crippen molar-refractivity contribution in [2.24, 2.45) is 0 Å². The van der Waals surface area contributed by atoms with Crippen LogP contribution in [0.3, 0.4) is 0 Å². The molecule has 0 N–H and O–H groups in total. The van der Waals surface area contributed by atoms with Crippen LogP contribution in [0.1, 0.15) is 0 Å². The Bertz CT molecular complexity index is 2570. The van der Waals surface area contributed by atoms with Gasteiger partial charge in [-0.15, -0.1) is 0 Å². The fraction of sp³-hybridized carbons (Fsp3) is 0. The summed E-state index contributed by atoms with van der Waals surface area (Å²) >= 11 is 0. The van der Waals surface area contributed by atoms with Gasteiger partial charge in [-0.05, 0) is 91.3 Å². The van der Waals surface area contributed by atoms with E-state index in [1.54, 1.807) is 0 Å². The molecule has 0 aliphatic rings. The standard InChI is InChI=1S/C47H31N3/c1-4-12-32(13-5-1)42-29-43(33-14-6-2-7-15-33)31-44(30-42)47-49-45(35-17-8-3-9-18-35)48-46(50-47)41-25-24-39-27-38(22-23-40(39)28-41)37-21-20-34-16-10-11-19-36(34)26-37/h1-31H. The number of aromatic nitrogens is 3. The third-order valence-corrected chi connectivity index (χ3v) is 9.25. The number of fused-ring (bicyclic) bond motifs is 2. The Morgan fingerprint density at radius 2 is 0.560 bits per heavy atom. The molecule has 50 heavy (non-hydrogen) atoms. The summed E-state index contributed by atoms with van der Waals surface area (Å²) in [5.74, 6) is 1.92. The highest BCUT2D eigenvalue weighted by Gasteiger charge is 2.15. The van der Waals surface area contributed by atoms with E-state index in [0.717, 1.165) is 44.3 Å². The maximum absolute atomic E-state index is 5.15. The Morgan fingerprint density at radius 3 is 1.12 bits per heavy atom. The lowest BCUT2D eigenvalue weighted by atomic mass is 9.95. The molecule has 0 radical (unpaired) electrons. The zero-order valence-corrected chi connectivity index (χ0v) is 27.2. The summed E-state index contributed by atoms with van der Waals surface area (Å²) in [6.07, 6.45) is 0. The normalized spacial score (nSPS) is 11.2. The molecule has 0 spiro atoms. The smallest absolute Gasteiger partial charge is 0.164 e. The summed E-state index contributed by atoms with van der Waals surface area (Å²) in [4.78, 5) is 15.3. The number of nitrogens with zero attached hydrogens (tertiary/aromatic N) is 3. The summed E-state index contributed by atoms with van der Waals surface area (Å²) in [6, 6.07) is 66.0. The highest BCUT2D eigenvalue weighted by molar-refractivity contribution is 5.93. The molecule has 0 aliphatic heterocycles. The first kappa shape index (κ1) is 29.4. The zero-order valence-electron chi connectivity index (χ0n) is 27.2. The zero-order chi connectivity index (χ0) is 33.3. The molecule has 0 fully saturated rings. The van der Waals surface area contributed by atoms with Crippen molar-refractivity contribution in [3.05, 3.63) is 188 Å². The molecule has 9 aromatic rings. The quantitative estimate of drug-likeness (QED) is 0.182. The van der Waals surface area contributed by atoms with Crippen LogP contribution in [0.15, 0.2) is 188 Å². The van der Waals surface area contributed by atoms with Gasteiger partial charge in [-0.2, -0.15) is 0 Å². The van der Waals surface area contributed by atoms with Gasteiger partial charge in [0.15, 0.2) is 17.5 Å². The second-order valence-electron chi connectivity index (χ2n) is 12.5. The van der Waals surface area contributed by atoms with Crippen molar-refractivity contribution in [2.75, 3.05) is 0 Å². The summed E-state index contributed by atoms with van der Waals surface area (Å²) in [5, 5.41) is 4.79. The van der Waals surface area contributed by atoms with Gasteiger partial charge in [0, 0.05) is 16.7 Å². The average molecular weight is 638 g/mol. The van der Waals surface area contributed by atoms with Gasteiger partial charge in [-0.25, -0.2) is 15.0 Å². The van der Waals surface area contributed by atoms with E-state index in [1.807, 2.05) is 42.5 Å². The summed E-state index contributed by atoms with van der Waals surface area (Å²) in [6.45, 7) is 0. The Hall–Kier alpha value is -6.71. The summed E-state index contributed by atoms with van der Waals surface area (Å²) in [7, 11) is 0. The lowest BCUT2D eigenvalue weighted by Crippen LogP contribution is -2.00. The van der Waals surface area contributed by atoms with Gasteiger partial charge in [0.25, 0.3) is 0 Å². The molecule has 1 aromatic heterocycles. The minimum Gasteiger partial charge on any atom is -0.208 e. The van der Waals surface area contributed by atoms with E-state index >= 15 is 0 Å². The minimum absolute atomic E-state index is 0.635. The second kappa shape index (κ2) is 12.7. The van der Waals surface area contributed by atoms with E-state index < -0.39 is 0 Å². The van der Waals surface area contributed by atoms with Gasteiger partial charge >= 0.3 is 0 Å². The van der Waals surface area contributed by atoms with Crippen molar-refractivity contribution in [3.63, 3.8) is 0 Å². The van der Waals surface area contributed by atoms with Crippen molar-refractivity contribution < 1.29 is 0 Å². The maximum atomic E-state index is 5.15. The van der Waals surface area contributed by atoms with Crippen LogP contribution in [0.2, 0.25) is 0 Å². The number of hydrogen-bond acceptors (Lipinski definition) is 3. The highest BCUT2D eigenvalue weighted by atomic mass is 15.0. The van der Waals surface area contributed by atoms with Gasteiger partial charge < -0.3 is 0 Å². The summed E-state index contributed by atoms with van der Waals surface area (Å²) < 4.78 is 0. The van der Waals surface area contributed by atoms with Crippen LogP contribution in [0, 0.1) is 0 Å². The molecule has 0 bridgehead atoms. The maximum Gasteiger partial charge on any atom is 0.164 e. The SMILES string of the molecule is c1ccc(-c2cc(-c3ccccc3)cc(-c3nc(-c4ccccc4)nc(-c4ccc5cc(-c6ccc7ccccc7c6)ccc5c4)n3)c2)cc1. The molecular formula is C47H31N3. The van der Waals surface area contributed by atoms with Crippen LogP contribution in [0.5, 0.6) is 0 Å². The van der Waals surface area contributed by atoms with Crippen LogP contribution in [0.4, 0.5) is 0 Å². The van der Waals surface area contributed by atoms with Gasteiger partial charge in [-0.1, -0.05) is 152 Å². The number of hydrogen-bond donors (Lipinski definition) is 0. The third kappa shape index (κ3) is 5.82. The first-order valence-corrected chi connectivity index (χ1v) is 16.8. The van der Waals surface area contributed by atoms with Crippen LogP contribution in [-0.4, -0.2) is 15.0 Å². The molecule has 0 saturated carbocycles. The second-order valence-corrected chi connectivity index (χ2v) is 12.5. The van der Waals surface area contributed by atoms with Crippen LogP contribution < -0.4 is 0 Å². The fourth-order valence-electron chi connectivity index (χ4n) is 6.63. The van der Waals surface area contributed by atoms with Crippen LogP contribution in [-0.2, 0) is 0 Å². The van der Waals surface area contributed by atoms with E-state index in [4.69, 9.17) is 15.0 Å². The molecule has 9 rings (SSSR count). The van der Waals surface area contributed by atoms with Crippen molar-refractivity contribution in [1.82, 2.24) is 15.0 Å². The van der Waals surface area contributed by atoms with Crippen molar-refractivity contribution in [3.8, 4) is 67.5 Å². The molecule has 234 valence electrons. The van der Waals surface area contributed by atoms with E-state index in [0.29, 0.717) is 17.5 Å². The van der Waals surface area contributed by atoms with E-state index in [2.05, 4.69) is 146 Å². The molecule has 0 atom stereocenters. The van der Waals surface area contributed by atoms with Gasteiger partial charge in [0.1, 0.15) is 0 Å². The van der Waals surface area contributed by atoms with E-state index in [9.17, 15) is 0 Å². The summed E-state index contributed by atoms with van der Waals surface area (Å²) in [5.41, 5.74) is 9.72. The number of benzene rings is 8. The predicted octanol–water partition coefficient (Wildman–Crippen LogP) is 12.2. The lowest BCUT2D eigenvalue weighted by Gasteiger charge is -2.13. The third-order valence-electron chi connectivity index (χ3n) is 9.25. The van der Waals surface area contributed by atoms with Crippen molar-refractivity contribution >= 4 is 21.5 Å². The van der Waals surface area contributed by atoms with Crippen molar-refractivity contribution in [1.29, 1.82) is 0 Å². The molecule has 0 amide bonds. The molecule has 0 saturated heterocycles. The molecule has 8 aromatic carbocycles. The van der Waals surface area contributed by atoms with Crippen LogP contribution >= 0.6 is 0 Å². The Balaban J connectivity index is 1.17. The minimum atomic E-state index is 0.635. The topological polar surface area (TPSA) is 38.7 Å². The molecular weight excluding hydrogens is 607 g/mol. The Morgan fingerprint density at radius 1 is 0.200 bits per heavy atom. The lowest BCUT2D eigenvalue weighted by molar-refractivity contribution is 1.07. The number of rotatable bonds is 6. The molecule has 1 heterocycles. The first-order valence-electron chi connectivity index (χ1n) is 16.8. The Labute approximate surface area is 291 Å². The monoisotopic (exact) mass is 637 g/mol. The van der Waals surface area contributed by atoms with Crippen molar-refractivity contribution in [2.45, 2.75) is 0 Å². The molecule has 0 aliphatic carbocycles. The van der Waals surface area contributed by atoms with Gasteiger partial charge in [0.05, 0.1) is 0 Å². The highest BCUT2D eigenvalue weighted by Crippen LogP contribution is 2.34. The van der Waals surface area contributed by atoms with Gasteiger partial charge in [-0.3, -0.25) is 0 Å². The molecule has 3 heteroatoms. The van der Waals surface area contributed by atoms with E-state index in [1.165, 1.54) is 27.3 Å². The fourth-order valence-corrected chi connectivity index (χ4v) is 6.63. The van der Waals surface area contributed by atoms with Gasteiger partial charge in [0.2, 0.25) is 0 Å². The van der Waals surface area contributed by atoms with E-state index in [-0.39, 0.29) is 0 Å². The first-order chi connectivity index (χ1) is 24.7. The average Bonchev–Trinajstić information content (AvgIpc) is 3.21. The van der Waals surface area contributed by atoms with Crippen LogP contribution in [0.25, 0.3) is 89.1 Å². The molecule has 0 unspecified atom stereocenters. The largest absolute Gasteiger partial charge is 0.208 e.